The first-order valence-corrected chi connectivity index (χ1v) is 3.44. The molecule has 0 unspecified atom stereocenters. The number of nitrogens with zero attached hydrogens (tertiary/aromatic N) is 1. The normalized spacial score (nSPS) is 10.7. The number of H-pyrrole nitrogens is 1. The predicted octanol–water partition coefficient (Wildman–Crippen LogP) is 2.36. The highest BCUT2D eigenvalue weighted by Crippen LogP contribution is 2.23. The number of fused-ring (bicyclic) bond motifs is 1. The Balaban J connectivity index is 2.96. The van der Waals surface area contributed by atoms with Gasteiger partial charge in [-0.25, -0.2) is 9.37 Å². The SMILES string of the molecule is Fc1ccnc2[nH]cc(Cl)c12. The fraction of sp³-hybridized carbons (Fsp3) is 0. The third-order valence-corrected chi connectivity index (χ3v) is 1.77. The fourth-order valence-electron chi connectivity index (χ4n) is 0.979. The van der Waals surface area contributed by atoms with Gasteiger partial charge in [0.05, 0.1) is 10.4 Å². The summed E-state index contributed by atoms with van der Waals surface area (Å²) in [5.74, 6) is -0.346. The molecule has 0 radical (unpaired) electrons. The Morgan fingerprint density at radius 3 is 3.09 bits per heavy atom. The second-order valence-corrected chi connectivity index (χ2v) is 2.56. The summed E-state index contributed by atoms with van der Waals surface area (Å²) in [6.07, 6.45) is 2.91. The number of rotatable bonds is 0. The lowest BCUT2D eigenvalue weighted by Crippen LogP contribution is -1.78. The van der Waals surface area contributed by atoms with Crippen molar-refractivity contribution < 1.29 is 4.39 Å². The molecule has 2 rings (SSSR count). The fourth-order valence-corrected chi connectivity index (χ4v) is 1.21. The molecule has 0 spiro atoms. The number of aromatic amines is 1. The molecule has 2 aromatic heterocycles. The lowest BCUT2D eigenvalue weighted by molar-refractivity contribution is 0.638. The van der Waals surface area contributed by atoms with Crippen LogP contribution in [0.5, 0.6) is 0 Å². The summed E-state index contributed by atoms with van der Waals surface area (Å²) in [5.41, 5.74) is 0.481. The standard InChI is InChI=1S/C7H4ClFN2/c8-4-3-11-7-6(4)5(9)1-2-10-7/h1-3H,(H,10,11). The van der Waals surface area contributed by atoms with Gasteiger partial charge in [-0.05, 0) is 6.07 Å². The summed E-state index contributed by atoms with van der Waals surface area (Å²) in [7, 11) is 0. The second-order valence-electron chi connectivity index (χ2n) is 2.15. The summed E-state index contributed by atoms with van der Waals surface area (Å²) in [6, 6.07) is 1.28. The minimum atomic E-state index is -0.346. The minimum absolute atomic E-state index is 0.346. The van der Waals surface area contributed by atoms with Crippen molar-refractivity contribution in [3.05, 3.63) is 29.3 Å². The molecule has 11 heavy (non-hydrogen) atoms. The average molecular weight is 171 g/mol. The maximum Gasteiger partial charge on any atom is 0.141 e. The Morgan fingerprint density at radius 2 is 2.36 bits per heavy atom. The van der Waals surface area contributed by atoms with Crippen LogP contribution in [-0.4, -0.2) is 9.97 Å². The molecule has 2 heterocycles. The largest absolute Gasteiger partial charge is 0.345 e. The maximum atomic E-state index is 12.9. The molecule has 0 aliphatic carbocycles. The van der Waals surface area contributed by atoms with E-state index in [0.29, 0.717) is 16.1 Å². The first kappa shape index (κ1) is 6.61. The van der Waals surface area contributed by atoms with E-state index >= 15 is 0 Å². The minimum Gasteiger partial charge on any atom is -0.345 e. The molecule has 0 aliphatic rings. The van der Waals surface area contributed by atoms with Gasteiger partial charge in [-0.2, -0.15) is 0 Å². The molecule has 0 aliphatic heterocycles. The topological polar surface area (TPSA) is 28.7 Å². The van der Waals surface area contributed by atoms with Gasteiger partial charge in [0.25, 0.3) is 0 Å². The van der Waals surface area contributed by atoms with Crippen LogP contribution < -0.4 is 0 Å². The number of aromatic nitrogens is 2. The lowest BCUT2D eigenvalue weighted by atomic mass is 10.3. The smallest absolute Gasteiger partial charge is 0.141 e. The van der Waals surface area contributed by atoms with Crippen molar-refractivity contribution >= 4 is 22.6 Å². The van der Waals surface area contributed by atoms with Crippen molar-refractivity contribution in [2.24, 2.45) is 0 Å². The summed E-state index contributed by atoms with van der Waals surface area (Å²) >= 11 is 5.67. The Morgan fingerprint density at radius 1 is 1.55 bits per heavy atom. The van der Waals surface area contributed by atoms with Gasteiger partial charge >= 0.3 is 0 Å². The van der Waals surface area contributed by atoms with E-state index in [1.807, 2.05) is 0 Å². The van der Waals surface area contributed by atoms with Crippen LogP contribution in [0.15, 0.2) is 18.5 Å². The van der Waals surface area contributed by atoms with Gasteiger partial charge in [0.2, 0.25) is 0 Å². The molecule has 4 heteroatoms. The monoisotopic (exact) mass is 170 g/mol. The zero-order chi connectivity index (χ0) is 7.84. The van der Waals surface area contributed by atoms with Crippen LogP contribution in [0, 0.1) is 5.82 Å². The molecule has 2 nitrogen and oxygen atoms in total. The molecule has 0 saturated carbocycles. The van der Waals surface area contributed by atoms with E-state index in [1.54, 1.807) is 0 Å². The van der Waals surface area contributed by atoms with Gasteiger partial charge < -0.3 is 4.98 Å². The summed E-state index contributed by atoms with van der Waals surface area (Å²) < 4.78 is 12.9. The maximum absolute atomic E-state index is 12.9. The molecule has 0 atom stereocenters. The number of pyridine rings is 1. The quantitative estimate of drug-likeness (QED) is 0.646. The zero-order valence-corrected chi connectivity index (χ0v) is 6.19. The second kappa shape index (κ2) is 2.20. The third-order valence-electron chi connectivity index (χ3n) is 1.47. The molecule has 0 fully saturated rings. The van der Waals surface area contributed by atoms with Crippen molar-refractivity contribution in [3.8, 4) is 0 Å². The van der Waals surface area contributed by atoms with Crippen LogP contribution in [0.3, 0.4) is 0 Å². The molecule has 56 valence electrons. The van der Waals surface area contributed by atoms with Crippen molar-refractivity contribution in [3.63, 3.8) is 0 Å². The number of hydrogen-bond donors (Lipinski definition) is 1. The first-order valence-electron chi connectivity index (χ1n) is 3.06. The van der Waals surface area contributed by atoms with Crippen molar-refractivity contribution in [1.29, 1.82) is 0 Å². The van der Waals surface area contributed by atoms with Crippen molar-refractivity contribution in [2.75, 3.05) is 0 Å². The van der Waals surface area contributed by atoms with E-state index in [9.17, 15) is 4.39 Å². The van der Waals surface area contributed by atoms with Gasteiger partial charge in [0.15, 0.2) is 0 Å². The molecule has 0 aromatic carbocycles. The third kappa shape index (κ3) is 0.886. The summed E-state index contributed by atoms with van der Waals surface area (Å²) in [5, 5.41) is 0.722. The van der Waals surface area contributed by atoms with Crippen molar-refractivity contribution in [2.45, 2.75) is 0 Å². The number of halogens is 2. The molecule has 1 N–H and O–H groups in total. The Hall–Kier alpha value is -1.09. The van der Waals surface area contributed by atoms with Gasteiger partial charge in [-0.15, -0.1) is 0 Å². The molecule has 2 aromatic rings. The number of nitrogens with one attached hydrogen (secondary N) is 1. The van der Waals surface area contributed by atoms with E-state index < -0.39 is 0 Å². The molecule has 0 saturated heterocycles. The van der Waals surface area contributed by atoms with Crippen LogP contribution in [-0.2, 0) is 0 Å². The first-order chi connectivity index (χ1) is 5.29. The number of hydrogen-bond acceptors (Lipinski definition) is 1. The molecular weight excluding hydrogens is 167 g/mol. The van der Waals surface area contributed by atoms with Crippen LogP contribution in [0.1, 0.15) is 0 Å². The van der Waals surface area contributed by atoms with E-state index in [4.69, 9.17) is 11.6 Å². The Kier molecular flexibility index (Phi) is 1.32. The van der Waals surface area contributed by atoms with Crippen LogP contribution in [0.25, 0.3) is 11.0 Å². The van der Waals surface area contributed by atoms with Crippen LogP contribution in [0.4, 0.5) is 4.39 Å². The van der Waals surface area contributed by atoms with Gasteiger partial charge in [0, 0.05) is 12.4 Å². The zero-order valence-electron chi connectivity index (χ0n) is 5.44. The van der Waals surface area contributed by atoms with Crippen molar-refractivity contribution in [1.82, 2.24) is 9.97 Å². The van der Waals surface area contributed by atoms with E-state index in [0.717, 1.165) is 0 Å². The predicted molar refractivity (Wildman–Crippen MR) is 41.1 cm³/mol. The van der Waals surface area contributed by atoms with E-state index in [-0.39, 0.29) is 5.82 Å². The van der Waals surface area contributed by atoms with E-state index in [2.05, 4.69) is 9.97 Å². The van der Waals surface area contributed by atoms with E-state index in [1.165, 1.54) is 18.5 Å². The molecule has 0 bridgehead atoms. The summed E-state index contributed by atoms with van der Waals surface area (Å²) in [4.78, 5) is 6.63. The highest BCUT2D eigenvalue weighted by Gasteiger charge is 2.06. The average Bonchev–Trinajstić information content (AvgIpc) is 2.34. The highest BCUT2D eigenvalue weighted by molar-refractivity contribution is 6.35. The van der Waals surface area contributed by atoms with Gasteiger partial charge in [-0.3, -0.25) is 0 Å². The van der Waals surface area contributed by atoms with Gasteiger partial charge in [0.1, 0.15) is 11.5 Å². The lowest BCUT2D eigenvalue weighted by Gasteiger charge is -1.89. The summed E-state index contributed by atoms with van der Waals surface area (Å²) in [6.45, 7) is 0. The van der Waals surface area contributed by atoms with Crippen LogP contribution >= 0.6 is 11.6 Å². The Bertz CT molecular complexity index is 396. The van der Waals surface area contributed by atoms with Gasteiger partial charge in [-0.1, -0.05) is 11.6 Å². The molecule has 0 amide bonds. The highest BCUT2D eigenvalue weighted by atomic mass is 35.5. The Labute approximate surface area is 67.0 Å². The van der Waals surface area contributed by atoms with Crippen LogP contribution in [0.2, 0.25) is 5.02 Å². The molecular formula is C7H4ClFN2.